The van der Waals surface area contributed by atoms with Gasteiger partial charge >= 0.3 is 0 Å². The van der Waals surface area contributed by atoms with E-state index in [1.54, 1.807) is 24.3 Å². The molecule has 1 aliphatic rings. The lowest BCUT2D eigenvalue weighted by molar-refractivity contribution is 0.0668. The van der Waals surface area contributed by atoms with E-state index in [-0.39, 0.29) is 17.6 Å². The predicted molar refractivity (Wildman–Crippen MR) is 112 cm³/mol. The summed E-state index contributed by atoms with van der Waals surface area (Å²) in [7, 11) is 0. The summed E-state index contributed by atoms with van der Waals surface area (Å²) in [6, 6.07) is 12.1. The van der Waals surface area contributed by atoms with Gasteiger partial charge in [-0.3, -0.25) is 9.69 Å². The Morgan fingerprint density at radius 1 is 1.18 bits per heavy atom. The number of halogens is 2. The number of carbonyl (C=O) groups is 1. The van der Waals surface area contributed by atoms with Gasteiger partial charge in [-0.2, -0.15) is 0 Å². The van der Waals surface area contributed by atoms with E-state index >= 15 is 0 Å². The van der Waals surface area contributed by atoms with Gasteiger partial charge in [0.05, 0.1) is 0 Å². The molecule has 0 unspecified atom stereocenters. The second-order valence-corrected chi connectivity index (χ2v) is 7.80. The molecule has 1 aliphatic heterocycles. The van der Waals surface area contributed by atoms with Crippen LogP contribution in [0.25, 0.3) is 0 Å². The van der Waals surface area contributed by atoms with E-state index in [0.717, 1.165) is 25.2 Å². The van der Waals surface area contributed by atoms with E-state index in [4.69, 9.17) is 17.3 Å². The number of piperazine rings is 1. The lowest BCUT2D eigenvalue weighted by atomic mass is 10.1. The molecule has 1 heterocycles. The molecule has 28 heavy (non-hydrogen) atoms. The molecule has 148 valence electrons. The van der Waals surface area contributed by atoms with Crippen LogP contribution in [-0.4, -0.2) is 40.8 Å². The summed E-state index contributed by atoms with van der Waals surface area (Å²) in [4.78, 5) is 17.0. The lowest BCUT2D eigenvalue weighted by Crippen LogP contribution is -2.54. The SMILES string of the molecule is C[C@@H]1CN(Cc2ccc(F)cc2)[C@@H](C)CN1C=CC(=O)c1ccc(Cl)cc1N. The van der Waals surface area contributed by atoms with Crippen molar-refractivity contribution in [1.29, 1.82) is 0 Å². The number of hydrogen-bond acceptors (Lipinski definition) is 4. The Balaban J connectivity index is 1.62. The van der Waals surface area contributed by atoms with Gasteiger partial charge < -0.3 is 10.6 Å². The van der Waals surface area contributed by atoms with Crippen molar-refractivity contribution in [3.8, 4) is 0 Å². The fraction of sp³-hybridized carbons (Fsp3) is 0.318. The van der Waals surface area contributed by atoms with Crippen molar-refractivity contribution >= 4 is 23.1 Å². The quantitative estimate of drug-likeness (QED) is 0.459. The van der Waals surface area contributed by atoms with Crippen molar-refractivity contribution in [2.45, 2.75) is 32.5 Å². The minimum Gasteiger partial charge on any atom is -0.398 e. The zero-order valence-electron chi connectivity index (χ0n) is 16.1. The smallest absolute Gasteiger partial charge is 0.189 e. The van der Waals surface area contributed by atoms with Gasteiger partial charge in [-0.15, -0.1) is 0 Å². The predicted octanol–water partition coefficient (Wildman–Crippen LogP) is 4.35. The third-order valence-electron chi connectivity index (χ3n) is 5.16. The minimum absolute atomic E-state index is 0.136. The summed E-state index contributed by atoms with van der Waals surface area (Å²) in [6.07, 6.45) is 3.42. The van der Waals surface area contributed by atoms with Crippen LogP contribution in [0.15, 0.2) is 54.7 Å². The first-order chi connectivity index (χ1) is 13.3. The fourth-order valence-electron chi connectivity index (χ4n) is 3.49. The first kappa shape index (κ1) is 20.4. The Bertz CT molecular complexity index is 869. The molecule has 0 amide bonds. The third-order valence-corrected chi connectivity index (χ3v) is 5.39. The molecule has 1 fully saturated rings. The number of anilines is 1. The molecule has 0 spiro atoms. The van der Waals surface area contributed by atoms with Gasteiger partial charge in [-0.1, -0.05) is 23.7 Å². The Morgan fingerprint density at radius 3 is 2.57 bits per heavy atom. The van der Waals surface area contributed by atoms with Gasteiger partial charge in [0.2, 0.25) is 0 Å². The van der Waals surface area contributed by atoms with Crippen molar-refractivity contribution in [3.63, 3.8) is 0 Å². The maximum atomic E-state index is 13.1. The Morgan fingerprint density at radius 2 is 1.89 bits per heavy atom. The number of allylic oxidation sites excluding steroid dienone is 1. The molecule has 2 aromatic carbocycles. The van der Waals surface area contributed by atoms with Gasteiger partial charge in [-0.05, 0) is 49.7 Å². The summed E-state index contributed by atoms with van der Waals surface area (Å²) >= 11 is 5.89. The van der Waals surface area contributed by atoms with E-state index < -0.39 is 0 Å². The van der Waals surface area contributed by atoms with Crippen LogP contribution in [0.2, 0.25) is 5.02 Å². The highest BCUT2D eigenvalue weighted by atomic mass is 35.5. The van der Waals surface area contributed by atoms with Gasteiger partial charge in [0.1, 0.15) is 5.82 Å². The number of hydrogen-bond donors (Lipinski definition) is 1. The number of nitrogen functional groups attached to an aromatic ring is 1. The summed E-state index contributed by atoms with van der Waals surface area (Å²) < 4.78 is 13.1. The highest BCUT2D eigenvalue weighted by molar-refractivity contribution is 6.31. The van der Waals surface area contributed by atoms with Crippen LogP contribution in [-0.2, 0) is 6.54 Å². The standard InChI is InChI=1S/C22H25ClFN3O/c1-15-13-27(14-17-3-6-19(24)7-4-17)16(2)12-26(15)10-9-22(28)20-8-5-18(23)11-21(20)25/h3-11,15-16H,12-14,25H2,1-2H3/t15-,16+/m1/s1. The van der Waals surface area contributed by atoms with Crippen LogP contribution in [0.3, 0.4) is 0 Å². The van der Waals surface area contributed by atoms with Crippen LogP contribution in [0.4, 0.5) is 10.1 Å². The van der Waals surface area contributed by atoms with Crippen LogP contribution in [0, 0.1) is 5.82 Å². The van der Waals surface area contributed by atoms with Crippen LogP contribution >= 0.6 is 11.6 Å². The molecule has 3 rings (SSSR count). The molecule has 2 N–H and O–H groups in total. The molecule has 0 aromatic heterocycles. The van der Waals surface area contributed by atoms with Crippen LogP contribution in [0.5, 0.6) is 0 Å². The number of benzene rings is 2. The summed E-state index contributed by atoms with van der Waals surface area (Å²) in [5, 5.41) is 0.512. The average Bonchev–Trinajstić information content (AvgIpc) is 2.65. The van der Waals surface area contributed by atoms with Crippen molar-refractivity contribution < 1.29 is 9.18 Å². The molecular weight excluding hydrogens is 377 g/mol. The van der Waals surface area contributed by atoms with Crippen LogP contribution < -0.4 is 5.73 Å². The monoisotopic (exact) mass is 401 g/mol. The normalized spacial score (nSPS) is 20.6. The van der Waals surface area contributed by atoms with E-state index in [0.29, 0.717) is 22.3 Å². The van der Waals surface area contributed by atoms with Gasteiger partial charge in [0.15, 0.2) is 5.78 Å². The molecule has 4 nitrogen and oxygen atoms in total. The highest BCUT2D eigenvalue weighted by Gasteiger charge is 2.27. The molecule has 0 bridgehead atoms. The molecule has 2 aromatic rings. The number of carbonyl (C=O) groups excluding carboxylic acids is 1. The summed E-state index contributed by atoms with van der Waals surface area (Å²) in [5.41, 5.74) is 7.83. The first-order valence-electron chi connectivity index (χ1n) is 9.35. The molecule has 2 atom stereocenters. The highest BCUT2D eigenvalue weighted by Crippen LogP contribution is 2.21. The second kappa shape index (κ2) is 8.76. The zero-order valence-corrected chi connectivity index (χ0v) is 16.9. The lowest BCUT2D eigenvalue weighted by Gasteiger charge is -2.44. The average molecular weight is 402 g/mol. The Labute approximate surface area is 170 Å². The zero-order chi connectivity index (χ0) is 20.3. The maximum Gasteiger partial charge on any atom is 0.189 e. The Kier molecular flexibility index (Phi) is 6.37. The number of ketones is 1. The Hall–Kier alpha value is -2.37. The van der Waals surface area contributed by atoms with Crippen molar-refractivity contribution in [2.24, 2.45) is 0 Å². The van der Waals surface area contributed by atoms with E-state index in [9.17, 15) is 9.18 Å². The first-order valence-corrected chi connectivity index (χ1v) is 9.73. The minimum atomic E-state index is -0.217. The second-order valence-electron chi connectivity index (χ2n) is 7.36. The van der Waals surface area contributed by atoms with Crippen LogP contribution in [0.1, 0.15) is 29.8 Å². The molecule has 0 aliphatic carbocycles. The van der Waals surface area contributed by atoms with E-state index in [1.165, 1.54) is 12.1 Å². The molecule has 0 radical (unpaired) electrons. The van der Waals surface area contributed by atoms with Gasteiger partial charge in [0.25, 0.3) is 0 Å². The largest absolute Gasteiger partial charge is 0.398 e. The molecule has 6 heteroatoms. The molecular formula is C22H25ClFN3O. The van der Waals surface area contributed by atoms with E-state index in [2.05, 4.69) is 23.6 Å². The number of nitrogens with two attached hydrogens (primary N) is 1. The molecule has 0 saturated carbocycles. The van der Waals surface area contributed by atoms with Crippen molar-refractivity contribution in [1.82, 2.24) is 9.80 Å². The third kappa shape index (κ3) is 4.91. The fourth-order valence-corrected chi connectivity index (χ4v) is 3.67. The summed E-state index contributed by atoms with van der Waals surface area (Å²) in [6.45, 7) is 6.75. The number of nitrogens with zero attached hydrogens (tertiary/aromatic N) is 2. The van der Waals surface area contributed by atoms with Crippen molar-refractivity contribution in [3.05, 3.63) is 76.7 Å². The molecule has 1 saturated heterocycles. The topological polar surface area (TPSA) is 49.6 Å². The van der Waals surface area contributed by atoms with E-state index in [1.807, 2.05) is 18.3 Å². The van der Waals surface area contributed by atoms with Crippen molar-refractivity contribution in [2.75, 3.05) is 18.8 Å². The van der Waals surface area contributed by atoms with Gasteiger partial charge in [0, 0.05) is 60.3 Å². The number of rotatable bonds is 5. The maximum absolute atomic E-state index is 13.1. The summed E-state index contributed by atoms with van der Waals surface area (Å²) in [5.74, 6) is -0.353. The van der Waals surface area contributed by atoms with Gasteiger partial charge in [-0.25, -0.2) is 4.39 Å².